The molecule has 0 amide bonds. The summed E-state index contributed by atoms with van der Waals surface area (Å²) >= 11 is 2.22. The molecule has 1 N–H and O–H groups in total. The molecule has 0 aliphatic carbocycles. The van der Waals surface area contributed by atoms with Gasteiger partial charge in [-0.15, -0.1) is 0 Å². The largest absolute Gasteiger partial charge is 0.365 e. The second-order valence-electron chi connectivity index (χ2n) is 4.15. The predicted molar refractivity (Wildman–Crippen MR) is 85.6 cm³/mol. The lowest BCUT2D eigenvalue weighted by molar-refractivity contribution is 0.863. The van der Waals surface area contributed by atoms with Gasteiger partial charge in [-0.25, -0.2) is 14.6 Å². The number of rotatable bonds is 4. The molecule has 0 aliphatic heterocycles. The van der Waals surface area contributed by atoms with Crippen molar-refractivity contribution >= 4 is 28.4 Å². The Labute approximate surface area is 130 Å². The van der Waals surface area contributed by atoms with Gasteiger partial charge in [0.1, 0.15) is 12.1 Å². The van der Waals surface area contributed by atoms with E-state index in [1.54, 1.807) is 18.7 Å². The third-order valence-electron chi connectivity index (χ3n) is 2.86. The monoisotopic (exact) mass is 377 g/mol. The third kappa shape index (κ3) is 2.79. The summed E-state index contributed by atoms with van der Waals surface area (Å²) in [5, 5.41) is 7.61. The second kappa shape index (κ2) is 6.00. The van der Waals surface area contributed by atoms with Crippen molar-refractivity contribution < 1.29 is 0 Å². The Kier molecular flexibility index (Phi) is 3.91. The van der Waals surface area contributed by atoms with Crippen LogP contribution in [0.5, 0.6) is 0 Å². The number of halogens is 1. The Morgan fingerprint density at radius 2 is 2.10 bits per heavy atom. The number of benzene rings is 1. The van der Waals surface area contributed by atoms with Crippen LogP contribution in [0, 0.1) is 3.57 Å². The molecular formula is C14H12IN5. The minimum absolute atomic E-state index is 0.684. The van der Waals surface area contributed by atoms with Crippen LogP contribution < -0.4 is 5.32 Å². The summed E-state index contributed by atoms with van der Waals surface area (Å²) in [7, 11) is 0. The molecule has 0 saturated carbocycles. The highest BCUT2D eigenvalue weighted by molar-refractivity contribution is 14.1. The summed E-state index contributed by atoms with van der Waals surface area (Å²) in [4.78, 5) is 8.22. The van der Waals surface area contributed by atoms with E-state index in [-0.39, 0.29) is 0 Å². The van der Waals surface area contributed by atoms with Crippen LogP contribution in [0.4, 0.5) is 5.82 Å². The number of para-hydroxylation sites is 1. The summed E-state index contributed by atoms with van der Waals surface area (Å²) in [5.41, 5.74) is 2.22. The summed E-state index contributed by atoms with van der Waals surface area (Å²) in [6.45, 7) is 0.684. The smallest absolute Gasteiger partial charge is 0.143 e. The fourth-order valence-electron chi connectivity index (χ4n) is 1.92. The van der Waals surface area contributed by atoms with Crippen molar-refractivity contribution in [1.82, 2.24) is 19.7 Å². The number of anilines is 1. The van der Waals surface area contributed by atoms with Crippen molar-refractivity contribution in [3.8, 4) is 5.69 Å². The first-order chi connectivity index (χ1) is 9.84. The van der Waals surface area contributed by atoms with Gasteiger partial charge in [-0.05, 0) is 40.3 Å². The van der Waals surface area contributed by atoms with Gasteiger partial charge in [0, 0.05) is 25.1 Å². The highest BCUT2D eigenvalue weighted by atomic mass is 127. The van der Waals surface area contributed by atoms with Crippen molar-refractivity contribution in [2.75, 3.05) is 5.32 Å². The quantitative estimate of drug-likeness (QED) is 0.711. The number of hydrogen-bond donors (Lipinski definition) is 1. The number of nitrogens with zero attached hydrogens (tertiary/aromatic N) is 4. The van der Waals surface area contributed by atoms with E-state index in [0.29, 0.717) is 6.54 Å². The maximum Gasteiger partial charge on any atom is 0.143 e. The Hall–Kier alpha value is -1.96. The molecule has 2 aromatic heterocycles. The zero-order chi connectivity index (χ0) is 13.8. The zero-order valence-electron chi connectivity index (χ0n) is 10.6. The van der Waals surface area contributed by atoms with E-state index in [1.165, 1.54) is 0 Å². The highest BCUT2D eigenvalue weighted by Gasteiger charge is 2.05. The first-order valence-corrected chi connectivity index (χ1v) is 7.20. The van der Waals surface area contributed by atoms with Crippen LogP contribution in [-0.4, -0.2) is 19.7 Å². The van der Waals surface area contributed by atoms with Crippen LogP contribution in [0.2, 0.25) is 0 Å². The molecule has 0 fully saturated rings. The molecule has 3 aromatic rings. The average molecular weight is 377 g/mol. The summed E-state index contributed by atoms with van der Waals surface area (Å²) in [5.74, 6) is 0.843. The molecule has 0 aliphatic rings. The van der Waals surface area contributed by atoms with Crippen molar-refractivity contribution in [3.05, 3.63) is 64.4 Å². The van der Waals surface area contributed by atoms with E-state index in [1.807, 2.05) is 29.1 Å². The van der Waals surface area contributed by atoms with Crippen LogP contribution in [-0.2, 0) is 6.54 Å². The SMILES string of the molecule is Ic1cncnc1NCc1ccccc1-n1cccn1. The lowest BCUT2D eigenvalue weighted by atomic mass is 10.2. The van der Waals surface area contributed by atoms with Gasteiger partial charge in [0.15, 0.2) is 0 Å². The Balaban J connectivity index is 1.84. The van der Waals surface area contributed by atoms with E-state index in [4.69, 9.17) is 0 Å². The number of nitrogens with one attached hydrogen (secondary N) is 1. The molecule has 100 valence electrons. The molecule has 6 heteroatoms. The van der Waals surface area contributed by atoms with Gasteiger partial charge in [0.2, 0.25) is 0 Å². The van der Waals surface area contributed by atoms with Crippen molar-refractivity contribution in [1.29, 1.82) is 0 Å². The molecule has 1 aromatic carbocycles. The van der Waals surface area contributed by atoms with Gasteiger partial charge < -0.3 is 5.32 Å². The van der Waals surface area contributed by atoms with E-state index in [9.17, 15) is 0 Å². The van der Waals surface area contributed by atoms with E-state index >= 15 is 0 Å². The lowest BCUT2D eigenvalue weighted by Crippen LogP contribution is -2.07. The summed E-state index contributed by atoms with van der Waals surface area (Å²) < 4.78 is 2.86. The summed E-state index contributed by atoms with van der Waals surface area (Å²) in [6.07, 6.45) is 7.05. The Morgan fingerprint density at radius 3 is 2.90 bits per heavy atom. The molecule has 0 spiro atoms. The van der Waals surface area contributed by atoms with E-state index in [0.717, 1.165) is 20.6 Å². The maximum absolute atomic E-state index is 4.28. The molecule has 0 atom stereocenters. The lowest BCUT2D eigenvalue weighted by Gasteiger charge is -2.11. The van der Waals surface area contributed by atoms with Crippen molar-refractivity contribution in [2.45, 2.75) is 6.54 Å². The molecule has 3 rings (SSSR count). The van der Waals surface area contributed by atoms with Crippen LogP contribution >= 0.6 is 22.6 Å². The molecule has 20 heavy (non-hydrogen) atoms. The molecule has 0 bridgehead atoms. The molecule has 0 unspecified atom stereocenters. The van der Waals surface area contributed by atoms with Gasteiger partial charge >= 0.3 is 0 Å². The average Bonchev–Trinajstić information content (AvgIpc) is 3.01. The van der Waals surface area contributed by atoms with Crippen molar-refractivity contribution in [3.63, 3.8) is 0 Å². The second-order valence-corrected chi connectivity index (χ2v) is 5.31. The molecule has 2 heterocycles. The minimum Gasteiger partial charge on any atom is -0.365 e. The Morgan fingerprint density at radius 1 is 1.20 bits per heavy atom. The standard InChI is InChI=1S/C14H12IN5/c15-12-9-16-10-18-14(12)17-8-11-4-1-2-5-13(11)20-7-3-6-19-20/h1-7,9-10H,8H2,(H,16,17,18). The van der Waals surface area contributed by atoms with Gasteiger partial charge in [-0.3, -0.25) is 0 Å². The molecule has 5 nitrogen and oxygen atoms in total. The first-order valence-electron chi connectivity index (χ1n) is 6.12. The van der Waals surface area contributed by atoms with Crippen molar-refractivity contribution in [2.24, 2.45) is 0 Å². The minimum atomic E-state index is 0.684. The number of hydrogen-bond acceptors (Lipinski definition) is 4. The predicted octanol–water partition coefficient (Wildman–Crippen LogP) is 2.88. The number of aromatic nitrogens is 4. The first kappa shape index (κ1) is 13.0. The third-order valence-corrected chi connectivity index (χ3v) is 3.65. The van der Waals surface area contributed by atoms with Gasteiger partial charge in [0.25, 0.3) is 0 Å². The van der Waals surface area contributed by atoms with Crippen LogP contribution in [0.3, 0.4) is 0 Å². The molecule has 0 radical (unpaired) electrons. The normalized spacial score (nSPS) is 10.4. The maximum atomic E-state index is 4.28. The van der Waals surface area contributed by atoms with Crippen LogP contribution in [0.25, 0.3) is 5.69 Å². The van der Waals surface area contributed by atoms with E-state index < -0.39 is 0 Å². The van der Waals surface area contributed by atoms with Gasteiger partial charge in [0.05, 0.1) is 9.26 Å². The fraction of sp³-hybridized carbons (Fsp3) is 0.0714. The van der Waals surface area contributed by atoms with Crippen LogP contribution in [0.15, 0.2) is 55.2 Å². The highest BCUT2D eigenvalue weighted by Crippen LogP contribution is 2.17. The summed E-state index contributed by atoms with van der Waals surface area (Å²) in [6, 6.07) is 10.1. The zero-order valence-corrected chi connectivity index (χ0v) is 12.7. The fourth-order valence-corrected chi connectivity index (χ4v) is 2.41. The Bertz CT molecular complexity index is 696. The molecular weight excluding hydrogens is 365 g/mol. The molecule has 0 saturated heterocycles. The topological polar surface area (TPSA) is 55.6 Å². The van der Waals surface area contributed by atoms with E-state index in [2.05, 4.69) is 55.1 Å². The van der Waals surface area contributed by atoms with Crippen LogP contribution in [0.1, 0.15) is 5.56 Å². The van der Waals surface area contributed by atoms with Gasteiger partial charge in [-0.2, -0.15) is 5.10 Å². The van der Waals surface area contributed by atoms with Gasteiger partial charge in [-0.1, -0.05) is 18.2 Å².